The lowest BCUT2D eigenvalue weighted by atomic mass is 10.1. The van der Waals surface area contributed by atoms with Gasteiger partial charge in [0.2, 0.25) is 11.8 Å². The molecule has 0 unspecified atom stereocenters. The highest BCUT2D eigenvalue weighted by atomic mass is 19.1. The Morgan fingerprint density at radius 3 is 2.52 bits per heavy atom. The fraction of sp³-hybridized carbons (Fsp3) is 0.263. The Balaban J connectivity index is 1.84. The molecule has 2 aromatic rings. The summed E-state index contributed by atoms with van der Waals surface area (Å²) in [5.41, 5.74) is 0.922. The van der Waals surface area contributed by atoms with Crippen molar-refractivity contribution in [3.05, 3.63) is 59.7 Å². The first kappa shape index (κ1) is 17.1. The summed E-state index contributed by atoms with van der Waals surface area (Å²) < 4.78 is 27.3. The van der Waals surface area contributed by atoms with E-state index >= 15 is 0 Å². The number of anilines is 2. The summed E-state index contributed by atoms with van der Waals surface area (Å²) in [6.45, 7) is 1.44. The number of halogens is 2. The van der Waals surface area contributed by atoms with E-state index in [1.807, 2.05) is 0 Å². The standard InChI is InChI=1S/C19H18F2N2O2/c1-12(24)23(15-7-8-15)18-9-6-14(20)11-17(18)22-19(25)10-13-4-2-3-5-16(13)21/h2-6,9,11,15H,7-8,10H2,1H3,(H,22,25). The normalized spacial score (nSPS) is 13.4. The summed E-state index contributed by atoms with van der Waals surface area (Å²) in [4.78, 5) is 25.8. The second kappa shape index (κ2) is 7.01. The average molecular weight is 344 g/mol. The van der Waals surface area contributed by atoms with E-state index in [1.165, 1.54) is 37.3 Å². The van der Waals surface area contributed by atoms with E-state index in [0.717, 1.165) is 12.8 Å². The van der Waals surface area contributed by atoms with Crippen LogP contribution in [0.15, 0.2) is 42.5 Å². The Morgan fingerprint density at radius 1 is 1.16 bits per heavy atom. The first-order valence-corrected chi connectivity index (χ1v) is 8.08. The van der Waals surface area contributed by atoms with E-state index in [1.54, 1.807) is 17.0 Å². The van der Waals surface area contributed by atoms with Crippen molar-refractivity contribution in [3.63, 3.8) is 0 Å². The van der Waals surface area contributed by atoms with Crippen LogP contribution >= 0.6 is 0 Å². The number of hydrogen-bond acceptors (Lipinski definition) is 2. The molecule has 2 amide bonds. The lowest BCUT2D eigenvalue weighted by Crippen LogP contribution is -2.32. The number of amides is 2. The first-order valence-electron chi connectivity index (χ1n) is 8.08. The van der Waals surface area contributed by atoms with Gasteiger partial charge in [0.1, 0.15) is 11.6 Å². The van der Waals surface area contributed by atoms with Crippen molar-refractivity contribution < 1.29 is 18.4 Å². The number of benzene rings is 2. The molecule has 0 heterocycles. The summed E-state index contributed by atoms with van der Waals surface area (Å²) in [5, 5.41) is 2.61. The van der Waals surface area contributed by atoms with Crippen LogP contribution in [0.1, 0.15) is 25.3 Å². The van der Waals surface area contributed by atoms with Gasteiger partial charge in [-0.1, -0.05) is 18.2 Å². The average Bonchev–Trinajstić information content (AvgIpc) is 3.36. The Kier molecular flexibility index (Phi) is 4.79. The second-order valence-electron chi connectivity index (χ2n) is 6.10. The molecule has 0 spiro atoms. The molecule has 1 saturated carbocycles. The third-order valence-electron chi connectivity index (χ3n) is 4.05. The van der Waals surface area contributed by atoms with Gasteiger partial charge in [0.05, 0.1) is 17.8 Å². The molecule has 2 aromatic carbocycles. The quantitative estimate of drug-likeness (QED) is 0.900. The second-order valence-corrected chi connectivity index (χ2v) is 6.10. The number of nitrogens with zero attached hydrogens (tertiary/aromatic N) is 1. The van der Waals surface area contributed by atoms with Gasteiger partial charge in [-0.15, -0.1) is 0 Å². The summed E-state index contributed by atoms with van der Waals surface area (Å²) in [6.07, 6.45) is 1.57. The van der Waals surface area contributed by atoms with Gasteiger partial charge in [0.25, 0.3) is 0 Å². The fourth-order valence-electron chi connectivity index (χ4n) is 2.78. The maximum Gasteiger partial charge on any atom is 0.228 e. The van der Waals surface area contributed by atoms with Gasteiger partial charge < -0.3 is 10.2 Å². The maximum absolute atomic E-state index is 13.7. The molecule has 1 N–H and O–H groups in total. The minimum atomic E-state index is -0.524. The van der Waals surface area contributed by atoms with Gasteiger partial charge in [0, 0.05) is 13.0 Å². The van der Waals surface area contributed by atoms with Gasteiger partial charge in [-0.05, 0) is 42.7 Å². The zero-order chi connectivity index (χ0) is 18.0. The third-order valence-corrected chi connectivity index (χ3v) is 4.05. The van der Waals surface area contributed by atoms with Crippen LogP contribution in [-0.4, -0.2) is 17.9 Å². The van der Waals surface area contributed by atoms with Crippen LogP contribution < -0.4 is 10.2 Å². The maximum atomic E-state index is 13.7. The van der Waals surface area contributed by atoms with E-state index in [4.69, 9.17) is 0 Å². The van der Waals surface area contributed by atoms with Crippen molar-refractivity contribution in [3.8, 4) is 0 Å². The molecule has 0 aromatic heterocycles. The van der Waals surface area contributed by atoms with Crippen LogP contribution in [0.25, 0.3) is 0 Å². The van der Waals surface area contributed by atoms with Crippen molar-refractivity contribution >= 4 is 23.2 Å². The van der Waals surface area contributed by atoms with Crippen molar-refractivity contribution in [2.24, 2.45) is 0 Å². The molecule has 130 valence electrons. The van der Waals surface area contributed by atoms with E-state index in [9.17, 15) is 18.4 Å². The van der Waals surface area contributed by atoms with E-state index in [2.05, 4.69) is 5.32 Å². The van der Waals surface area contributed by atoms with Gasteiger partial charge >= 0.3 is 0 Å². The van der Waals surface area contributed by atoms with Crippen molar-refractivity contribution in [2.75, 3.05) is 10.2 Å². The molecule has 1 aliphatic rings. The SMILES string of the molecule is CC(=O)N(c1ccc(F)cc1NC(=O)Cc1ccccc1F)C1CC1. The van der Waals surface area contributed by atoms with Crippen LogP contribution in [0.4, 0.5) is 20.2 Å². The van der Waals surface area contributed by atoms with Crippen LogP contribution in [-0.2, 0) is 16.0 Å². The fourth-order valence-corrected chi connectivity index (χ4v) is 2.78. The lowest BCUT2D eigenvalue weighted by molar-refractivity contribution is -0.117. The molecule has 4 nitrogen and oxygen atoms in total. The predicted molar refractivity (Wildman–Crippen MR) is 91.3 cm³/mol. The van der Waals surface area contributed by atoms with E-state index in [-0.39, 0.29) is 29.6 Å². The smallest absolute Gasteiger partial charge is 0.228 e. The minimum Gasteiger partial charge on any atom is -0.324 e. The molecule has 0 atom stereocenters. The Labute approximate surface area is 144 Å². The van der Waals surface area contributed by atoms with Crippen molar-refractivity contribution in [2.45, 2.75) is 32.2 Å². The number of nitrogens with one attached hydrogen (secondary N) is 1. The zero-order valence-electron chi connectivity index (χ0n) is 13.8. The lowest BCUT2D eigenvalue weighted by Gasteiger charge is -2.24. The van der Waals surface area contributed by atoms with Crippen LogP contribution in [0.3, 0.4) is 0 Å². The molecule has 1 aliphatic carbocycles. The zero-order valence-corrected chi connectivity index (χ0v) is 13.8. The third kappa shape index (κ3) is 4.02. The highest BCUT2D eigenvalue weighted by molar-refractivity contribution is 6.01. The van der Waals surface area contributed by atoms with Gasteiger partial charge in [-0.2, -0.15) is 0 Å². The Morgan fingerprint density at radius 2 is 1.88 bits per heavy atom. The number of carbonyl (C=O) groups is 2. The molecule has 0 aliphatic heterocycles. The Hall–Kier alpha value is -2.76. The number of hydrogen-bond donors (Lipinski definition) is 1. The molecule has 0 bridgehead atoms. The largest absolute Gasteiger partial charge is 0.324 e. The van der Waals surface area contributed by atoms with Crippen LogP contribution in [0, 0.1) is 11.6 Å². The molecule has 0 radical (unpaired) electrons. The topological polar surface area (TPSA) is 49.4 Å². The molecular weight excluding hydrogens is 326 g/mol. The number of carbonyl (C=O) groups excluding carboxylic acids is 2. The monoisotopic (exact) mass is 344 g/mol. The van der Waals surface area contributed by atoms with Crippen LogP contribution in [0.5, 0.6) is 0 Å². The van der Waals surface area contributed by atoms with Crippen molar-refractivity contribution in [1.82, 2.24) is 0 Å². The molecule has 3 rings (SSSR count). The summed E-state index contributed by atoms with van der Waals surface area (Å²) in [5.74, 6) is -1.64. The molecular formula is C19H18F2N2O2. The van der Waals surface area contributed by atoms with Crippen LogP contribution in [0.2, 0.25) is 0 Å². The molecule has 25 heavy (non-hydrogen) atoms. The van der Waals surface area contributed by atoms with E-state index in [0.29, 0.717) is 5.69 Å². The Bertz CT molecular complexity index is 819. The highest BCUT2D eigenvalue weighted by Crippen LogP contribution is 2.36. The summed E-state index contributed by atoms with van der Waals surface area (Å²) >= 11 is 0. The van der Waals surface area contributed by atoms with E-state index < -0.39 is 17.5 Å². The molecule has 6 heteroatoms. The summed E-state index contributed by atoms with van der Waals surface area (Å²) in [7, 11) is 0. The first-order chi connectivity index (χ1) is 12.0. The predicted octanol–water partition coefficient (Wildman–Crippen LogP) is 3.66. The van der Waals surface area contributed by atoms with Crippen molar-refractivity contribution in [1.29, 1.82) is 0 Å². The molecule has 1 fully saturated rings. The van der Waals surface area contributed by atoms with Gasteiger partial charge in [0.15, 0.2) is 0 Å². The molecule has 0 saturated heterocycles. The van der Waals surface area contributed by atoms with Gasteiger partial charge in [-0.3, -0.25) is 9.59 Å². The van der Waals surface area contributed by atoms with Gasteiger partial charge in [-0.25, -0.2) is 8.78 Å². The number of rotatable bonds is 5. The highest BCUT2D eigenvalue weighted by Gasteiger charge is 2.33. The minimum absolute atomic E-state index is 0.0742. The summed E-state index contributed by atoms with van der Waals surface area (Å²) in [6, 6.07) is 9.96.